The predicted molar refractivity (Wildman–Crippen MR) is 51.6 cm³/mol. The van der Waals surface area contributed by atoms with Gasteiger partial charge in [0.15, 0.2) is 0 Å². The fourth-order valence-corrected chi connectivity index (χ4v) is 1.61. The van der Waals surface area contributed by atoms with Crippen molar-refractivity contribution in [1.29, 1.82) is 0 Å². The van der Waals surface area contributed by atoms with Crippen LogP contribution in [0.5, 0.6) is 0 Å². The van der Waals surface area contributed by atoms with Gasteiger partial charge in [0.05, 0.1) is 0 Å². The Labute approximate surface area is 75.9 Å². The Bertz CT molecular complexity index is 235. The summed E-state index contributed by atoms with van der Waals surface area (Å²) in [5.74, 6) is 0. The lowest BCUT2D eigenvalue weighted by atomic mass is 10.1. The molecule has 0 amide bonds. The zero-order chi connectivity index (χ0) is 8.27. The molecule has 1 N–H and O–H groups in total. The summed E-state index contributed by atoms with van der Waals surface area (Å²) >= 11 is 3.50. The third kappa shape index (κ3) is 2.04. The molecular weight excluding hydrogens is 202 g/mol. The van der Waals surface area contributed by atoms with Crippen LogP contribution in [-0.4, -0.2) is 7.05 Å². The molecule has 0 spiro atoms. The number of hydrogen-bond acceptors (Lipinski definition) is 1. The van der Waals surface area contributed by atoms with Crippen LogP contribution in [0.15, 0.2) is 28.7 Å². The highest BCUT2D eigenvalue weighted by molar-refractivity contribution is 9.10. The Morgan fingerprint density at radius 2 is 2.00 bits per heavy atom. The molecular formula is C9H12BrN. The first-order chi connectivity index (χ1) is 5.25. The van der Waals surface area contributed by atoms with Crippen LogP contribution in [0, 0.1) is 0 Å². The van der Waals surface area contributed by atoms with E-state index in [-0.39, 0.29) is 0 Å². The molecule has 2 heteroatoms. The van der Waals surface area contributed by atoms with Crippen molar-refractivity contribution >= 4 is 15.9 Å². The molecule has 1 aromatic rings. The Morgan fingerprint density at radius 3 is 2.55 bits per heavy atom. The maximum absolute atomic E-state index is 3.50. The van der Waals surface area contributed by atoms with Gasteiger partial charge in [0, 0.05) is 10.5 Å². The van der Waals surface area contributed by atoms with Crippen LogP contribution in [-0.2, 0) is 0 Å². The topological polar surface area (TPSA) is 12.0 Å². The molecule has 0 bridgehead atoms. The average Bonchev–Trinajstić information content (AvgIpc) is 2.04. The van der Waals surface area contributed by atoms with Gasteiger partial charge in [-0.3, -0.25) is 0 Å². The van der Waals surface area contributed by atoms with E-state index in [0.29, 0.717) is 6.04 Å². The minimum atomic E-state index is 0.408. The molecule has 0 aliphatic carbocycles. The lowest BCUT2D eigenvalue weighted by Crippen LogP contribution is -2.12. The molecule has 11 heavy (non-hydrogen) atoms. The van der Waals surface area contributed by atoms with Crippen molar-refractivity contribution in [3.8, 4) is 0 Å². The second kappa shape index (κ2) is 3.88. The second-order valence-electron chi connectivity index (χ2n) is 2.53. The van der Waals surface area contributed by atoms with Crippen molar-refractivity contribution in [2.75, 3.05) is 7.05 Å². The van der Waals surface area contributed by atoms with Crippen LogP contribution in [0.25, 0.3) is 0 Å². The summed E-state index contributed by atoms with van der Waals surface area (Å²) in [5.41, 5.74) is 1.30. The van der Waals surface area contributed by atoms with Gasteiger partial charge in [0.1, 0.15) is 0 Å². The Morgan fingerprint density at radius 1 is 1.36 bits per heavy atom. The van der Waals surface area contributed by atoms with Crippen molar-refractivity contribution in [3.05, 3.63) is 34.3 Å². The van der Waals surface area contributed by atoms with Gasteiger partial charge in [-0.05, 0) is 25.6 Å². The van der Waals surface area contributed by atoms with E-state index >= 15 is 0 Å². The van der Waals surface area contributed by atoms with Crippen molar-refractivity contribution in [2.45, 2.75) is 13.0 Å². The third-order valence-corrected chi connectivity index (χ3v) is 2.53. The quantitative estimate of drug-likeness (QED) is 0.798. The van der Waals surface area contributed by atoms with Crippen molar-refractivity contribution in [2.24, 2.45) is 0 Å². The standard InChI is InChI=1S/C9H12BrN/c1-7(11-2)8-5-3-4-6-9(8)10/h3-7,11H,1-2H3/t7-/m0/s1. The highest BCUT2D eigenvalue weighted by atomic mass is 79.9. The molecule has 1 aromatic carbocycles. The Balaban J connectivity index is 2.93. The first kappa shape index (κ1) is 8.75. The van der Waals surface area contributed by atoms with Crippen LogP contribution >= 0.6 is 15.9 Å². The molecule has 0 radical (unpaired) electrons. The fraction of sp³-hybridized carbons (Fsp3) is 0.333. The van der Waals surface area contributed by atoms with Crippen molar-refractivity contribution in [3.63, 3.8) is 0 Å². The maximum atomic E-state index is 3.50. The van der Waals surface area contributed by atoms with Crippen LogP contribution < -0.4 is 5.32 Å². The number of rotatable bonds is 2. The van der Waals surface area contributed by atoms with Gasteiger partial charge in [-0.2, -0.15) is 0 Å². The van der Waals surface area contributed by atoms with Gasteiger partial charge < -0.3 is 5.32 Å². The lowest BCUT2D eigenvalue weighted by molar-refractivity contribution is 0.649. The molecule has 0 saturated carbocycles. The van der Waals surface area contributed by atoms with E-state index in [1.54, 1.807) is 0 Å². The third-order valence-electron chi connectivity index (χ3n) is 1.80. The van der Waals surface area contributed by atoms with Gasteiger partial charge in [0.25, 0.3) is 0 Å². The minimum Gasteiger partial charge on any atom is -0.313 e. The van der Waals surface area contributed by atoms with Gasteiger partial charge >= 0.3 is 0 Å². The fourth-order valence-electron chi connectivity index (χ4n) is 0.982. The lowest BCUT2D eigenvalue weighted by Gasteiger charge is -2.11. The van der Waals surface area contributed by atoms with Gasteiger partial charge in [-0.15, -0.1) is 0 Å². The summed E-state index contributed by atoms with van der Waals surface area (Å²) < 4.78 is 1.17. The van der Waals surface area contributed by atoms with E-state index in [1.807, 2.05) is 19.2 Å². The summed E-state index contributed by atoms with van der Waals surface area (Å²) in [4.78, 5) is 0. The summed E-state index contributed by atoms with van der Waals surface area (Å²) in [6.07, 6.45) is 0. The second-order valence-corrected chi connectivity index (χ2v) is 3.39. The van der Waals surface area contributed by atoms with E-state index in [9.17, 15) is 0 Å². The SMILES string of the molecule is CN[C@@H](C)c1ccccc1Br. The molecule has 0 fully saturated rings. The van der Waals surface area contributed by atoms with Gasteiger partial charge in [-0.25, -0.2) is 0 Å². The first-order valence-electron chi connectivity index (χ1n) is 3.67. The van der Waals surface area contributed by atoms with Crippen LogP contribution in [0.2, 0.25) is 0 Å². The summed E-state index contributed by atoms with van der Waals surface area (Å²) in [6.45, 7) is 2.14. The zero-order valence-electron chi connectivity index (χ0n) is 6.76. The maximum Gasteiger partial charge on any atom is 0.0300 e. The molecule has 1 nitrogen and oxygen atoms in total. The Hall–Kier alpha value is -0.340. The zero-order valence-corrected chi connectivity index (χ0v) is 8.35. The van der Waals surface area contributed by atoms with Crippen molar-refractivity contribution in [1.82, 2.24) is 5.32 Å². The van der Waals surface area contributed by atoms with Gasteiger partial charge in [0.2, 0.25) is 0 Å². The summed E-state index contributed by atoms with van der Waals surface area (Å²) in [7, 11) is 1.96. The van der Waals surface area contributed by atoms with Gasteiger partial charge in [-0.1, -0.05) is 34.1 Å². The van der Waals surface area contributed by atoms with E-state index in [4.69, 9.17) is 0 Å². The highest BCUT2D eigenvalue weighted by Crippen LogP contribution is 2.21. The molecule has 0 aliphatic rings. The van der Waals surface area contributed by atoms with Crippen molar-refractivity contribution < 1.29 is 0 Å². The molecule has 60 valence electrons. The van der Waals surface area contributed by atoms with E-state index in [0.717, 1.165) is 0 Å². The first-order valence-corrected chi connectivity index (χ1v) is 4.46. The van der Waals surface area contributed by atoms with E-state index < -0.39 is 0 Å². The summed E-state index contributed by atoms with van der Waals surface area (Å²) in [6, 6.07) is 8.66. The molecule has 0 unspecified atom stereocenters. The molecule has 0 heterocycles. The van der Waals surface area contributed by atoms with Crippen LogP contribution in [0.1, 0.15) is 18.5 Å². The summed E-state index contributed by atoms with van der Waals surface area (Å²) in [5, 5.41) is 3.19. The largest absolute Gasteiger partial charge is 0.313 e. The molecule has 0 aliphatic heterocycles. The monoisotopic (exact) mass is 213 g/mol. The Kier molecular flexibility index (Phi) is 3.09. The smallest absolute Gasteiger partial charge is 0.0300 e. The molecule has 0 saturated heterocycles. The number of nitrogens with one attached hydrogen (secondary N) is 1. The number of halogens is 1. The van der Waals surface area contributed by atoms with E-state index in [1.165, 1.54) is 10.0 Å². The van der Waals surface area contributed by atoms with Crippen LogP contribution in [0.4, 0.5) is 0 Å². The van der Waals surface area contributed by atoms with E-state index in [2.05, 4.69) is 40.3 Å². The average molecular weight is 214 g/mol. The normalized spacial score (nSPS) is 13.0. The molecule has 0 aromatic heterocycles. The molecule has 1 rings (SSSR count). The highest BCUT2D eigenvalue weighted by Gasteiger charge is 2.04. The predicted octanol–water partition coefficient (Wildman–Crippen LogP) is 2.73. The number of hydrogen-bond donors (Lipinski definition) is 1. The van der Waals surface area contributed by atoms with Crippen LogP contribution in [0.3, 0.4) is 0 Å². The number of benzene rings is 1. The minimum absolute atomic E-state index is 0.408. The molecule has 1 atom stereocenters.